The van der Waals surface area contributed by atoms with E-state index in [2.05, 4.69) is 9.98 Å². The fraction of sp³-hybridized carbons (Fsp3) is 0. The molecule has 1 aliphatic rings. The minimum absolute atomic E-state index is 0.149. The zero-order valence-corrected chi connectivity index (χ0v) is 16.1. The Labute approximate surface area is 171 Å². The predicted molar refractivity (Wildman–Crippen MR) is 114 cm³/mol. The number of furan rings is 1. The molecule has 28 heavy (non-hydrogen) atoms. The Kier molecular flexibility index (Phi) is 5.41. The topological polar surface area (TPSA) is 58.7 Å². The summed E-state index contributed by atoms with van der Waals surface area (Å²) in [6.45, 7) is 0. The Bertz CT molecular complexity index is 1080. The summed E-state index contributed by atoms with van der Waals surface area (Å²) in [6, 6.07) is 14.7. The second-order valence-electron chi connectivity index (χ2n) is 5.71. The van der Waals surface area contributed by atoms with Gasteiger partial charge in [-0.3, -0.25) is 14.7 Å². The summed E-state index contributed by atoms with van der Waals surface area (Å²) in [7, 11) is 0. The molecule has 0 atom stereocenters. The number of pyridine rings is 1. The molecule has 1 fully saturated rings. The number of nitrogens with zero attached hydrogens (tertiary/aromatic N) is 3. The number of hydrogen-bond donors (Lipinski definition) is 0. The fourth-order valence-corrected chi connectivity index (χ4v) is 3.65. The summed E-state index contributed by atoms with van der Waals surface area (Å²) in [5.41, 5.74) is 1.29. The van der Waals surface area contributed by atoms with Crippen molar-refractivity contribution in [1.82, 2.24) is 4.98 Å². The van der Waals surface area contributed by atoms with Crippen molar-refractivity contribution >= 4 is 51.9 Å². The lowest BCUT2D eigenvalue weighted by atomic mass is 10.3. The second kappa shape index (κ2) is 8.29. The van der Waals surface area contributed by atoms with E-state index in [0.717, 1.165) is 5.69 Å². The number of allylic oxidation sites excluding steroid dienone is 2. The first-order valence-electron chi connectivity index (χ1n) is 8.40. The van der Waals surface area contributed by atoms with E-state index >= 15 is 0 Å². The van der Waals surface area contributed by atoms with E-state index < -0.39 is 0 Å². The van der Waals surface area contributed by atoms with Crippen molar-refractivity contribution in [2.75, 3.05) is 4.90 Å². The number of anilines is 1. The van der Waals surface area contributed by atoms with E-state index in [9.17, 15) is 4.79 Å². The monoisotopic (exact) mass is 407 g/mol. The van der Waals surface area contributed by atoms with Crippen molar-refractivity contribution in [2.24, 2.45) is 4.99 Å². The molecule has 1 saturated heterocycles. The third kappa shape index (κ3) is 3.93. The van der Waals surface area contributed by atoms with Gasteiger partial charge in [0, 0.05) is 12.4 Å². The maximum absolute atomic E-state index is 13.0. The number of benzene rings is 1. The molecule has 1 aliphatic heterocycles. The molecule has 5 nitrogen and oxygen atoms in total. The summed E-state index contributed by atoms with van der Waals surface area (Å²) >= 11 is 7.48. The van der Waals surface area contributed by atoms with Gasteiger partial charge in [0.2, 0.25) is 0 Å². The number of thioether (sulfide) groups is 1. The standard InChI is InChI=1S/C21H14ClN3O2S/c22-17-14-23-12-11-18(17)24-21-25(15-6-2-1-3-7-15)20(26)19(28-21)10-4-8-16-9-5-13-27-16/h1-14H/b8-4+,19-10+,24-21?. The molecule has 0 saturated carbocycles. The van der Waals surface area contributed by atoms with Crippen molar-refractivity contribution in [1.29, 1.82) is 0 Å². The highest BCUT2D eigenvalue weighted by Gasteiger charge is 2.34. The van der Waals surface area contributed by atoms with Gasteiger partial charge >= 0.3 is 0 Å². The molecule has 0 spiro atoms. The molecule has 0 aliphatic carbocycles. The number of aliphatic imine (C=N–C) groups is 1. The molecule has 2 aromatic heterocycles. The number of amidine groups is 1. The molecule has 0 bridgehead atoms. The van der Waals surface area contributed by atoms with Crippen LogP contribution in [0.25, 0.3) is 6.08 Å². The van der Waals surface area contributed by atoms with Crippen LogP contribution in [0.1, 0.15) is 5.76 Å². The van der Waals surface area contributed by atoms with Gasteiger partial charge in [0.05, 0.1) is 27.6 Å². The normalized spacial score (nSPS) is 17.3. The quantitative estimate of drug-likeness (QED) is 0.521. The molecular weight excluding hydrogens is 394 g/mol. The van der Waals surface area contributed by atoms with Gasteiger partial charge in [0.1, 0.15) is 5.76 Å². The van der Waals surface area contributed by atoms with Gasteiger partial charge in [-0.15, -0.1) is 0 Å². The fourth-order valence-electron chi connectivity index (χ4n) is 2.55. The van der Waals surface area contributed by atoms with Crippen LogP contribution in [0.4, 0.5) is 11.4 Å². The molecule has 4 rings (SSSR count). The largest absolute Gasteiger partial charge is 0.465 e. The Morgan fingerprint density at radius 1 is 1.14 bits per heavy atom. The van der Waals surface area contributed by atoms with Crippen LogP contribution in [0.3, 0.4) is 0 Å². The molecule has 3 heterocycles. The number of rotatable bonds is 4. The van der Waals surface area contributed by atoms with Gasteiger partial charge < -0.3 is 4.42 Å². The van der Waals surface area contributed by atoms with E-state index in [0.29, 0.717) is 26.5 Å². The SMILES string of the molecule is O=C1/C(=C\C=C\c2ccco2)SC(=Nc2ccncc2Cl)N1c1ccccc1. The van der Waals surface area contributed by atoms with Gasteiger partial charge in [-0.2, -0.15) is 0 Å². The smallest absolute Gasteiger partial charge is 0.271 e. The van der Waals surface area contributed by atoms with Crippen LogP contribution < -0.4 is 4.90 Å². The van der Waals surface area contributed by atoms with E-state index in [1.807, 2.05) is 42.5 Å². The molecule has 138 valence electrons. The van der Waals surface area contributed by atoms with Crippen LogP contribution in [0, 0.1) is 0 Å². The third-order valence-corrected chi connectivity index (χ3v) is 5.12. The summed E-state index contributed by atoms with van der Waals surface area (Å²) in [6.07, 6.45) is 10.1. The molecule has 0 unspecified atom stereocenters. The number of aromatic nitrogens is 1. The van der Waals surface area contributed by atoms with E-state index in [-0.39, 0.29) is 5.91 Å². The summed E-state index contributed by atoms with van der Waals surface area (Å²) in [4.78, 5) is 23.7. The van der Waals surface area contributed by atoms with Crippen LogP contribution in [-0.2, 0) is 4.79 Å². The van der Waals surface area contributed by atoms with Crippen LogP contribution >= 0.6 is 23.4 Å². The van der Waals surface area contributed by atoms with Crippen molar-refractivity contribution in [2.45, 2.75) is 0 Å². The zero-order chi connectivity index (χ0) is 19.3. The van der Waals surface area contributed by atoms with Crippen molar-refractivity contribution < 1.29 is 9.21 Å². The number of hydrogen-bond acceptors (Lipinski definition) is 5. The number of para-hydroxylation sites is 1. The highest BCUT2D eigenvalue weighted by molar-refractivity contribution is 8.19. The van der Waals surface area contributed by atoms with Crippen molar-refractivity contribution in [3.8, 4) is 0 Å². The van der Waals surface area contributed by atoms with E-state index in [4.69, 9.17) is 16.0 Å². The summed E-state index contributed by atoms with van der Waals surface area (Å²) in [5, 5.41) is 0.952. The lowest BCUT2D eigenvalue weighted by Crippen LogP contribution is -2.28. The number of carbonyl (C=O) groups is 1. The van der Waals surface area contributed by atoms with Gasteiger partial charge in [0.15, 0.2) is 5.17 Å². The van der Waals surface area contributed by atoms with Crippen molar-refractivity contribution in [3.63, 3.8) is 0 Å². The first-order valence-corrected chi connectivity index (χ1v) is 9.59. The average Bonchev–Trinajstić information content (AvgIpc) is 3.33. The summed E-state index contributed by atoms with van der Waals surface area (Å²) < 4.78 is 5.27. The lowest BCUT2D eigenvalue weighted by Gasteiger charge is -2.15. The molecule has 3 aromatic rings. The molecule has 7 heteroatoms. The maximum atomic E-state index is 13.0. The first-order chi connectivity index (χ1) is 13.7. The second-order valence-corrected chi connectivity index (χ2v) is 7.12. The molecule has 0 radical (unpaired) electrons. The molecule has 0 N–H and O–H groups in total. The van der Waals surface area contributed by atoms with Crippen LogP contribution in [0.5, 0.6) is 0 Å². The molecular formula is C21H14ClN3O2S. The lowest BCUT2D eigenvalue weighted by molar-refractivity contribution is -0.113. The molecule has 1 aromatic carbocycles. The molecule has 1 amide bonds. The van der Waals surface area contributed by atoms with Gasteiger partial charge in [-0.1, -0.05) is 35.9 Å². The third-order valence-electron chi connectivity index (χ3n) is 3.84. The predicted octanol–water partition coefficient (Wildman–Crippen LogP) is 5.69. The van der Waals surface area contributed by atoms with Gasteiger partial charge in [-0.05, 0) is 54.2 Å². The van der Waals surface area contributed by atoms with Crippen LogP contribution in [0.15, 0.2) is 93.7 Å². The minimum Gasteiger partial charge on any atom is -0.465 e. The summed E-state index contributed by atoms with van der Waals surface area (Å²) in [5.74, 6) is 0.564. The van der Waals surface area contributed by atoms with E-state index in [1.165, 1.54) is 18.0 Å². The highest BCUT2D eigenvalue weighted by Crippen LogP contribution is 2.37. The highest BCUT2D eigenvalue weighted by atomic mass is 35.5. The Hall–Kier alpha value is -3.09. The average molecular weight is 408 g/mol. The van der Waals surface area contributed by atoms with Crippen molar-refractivity contribution in [3.05, 3.63) is 95.0 Å². The van der Waals surface area contributed by atoms with Gasteiger partial charge in [0.25, 0.3) is 5.91 Å². The van der Waals surface area contributed by atoms with Gasteiger partial charge in [-0.25, -0.2) is 4.99 Å². The maximum Gasteiger partial charge on any atom is 0.271 e. The van der Waals surface area contributed by atoms with Crippen LogP contribution in [-0.4, -0.2) is 16.1 Å². The number of halogens is 1. The van der Waals surface area contributed by atoms with Crippen LogP contribution in [0.2, 0.25) is 5.02 Å². The van der Waals surface area contributed by atoms with E-state index in [1.54, 1.807) is 41.7 Å². The number of amides is 1. The first kappa shape index (κ1) is 18.3. The zero-order valence-electron chi connectivity index (χ0n) is 14.5. The Balaban J connectivity index is 1.71. The number of carbonyl (C=O) groups excluding carboxylic acids is 1. The Morgan fingerprint density at radius 2 is 2.00 bits per heavy atom. The Morgan fingerprint density at radius 3 is 2.75 bits per heavy atom. The minimum atomic E-state index is -0.149.